The topological polar surface area (TPSA) is 33.6 Å². The predicted molar refractivity (Wildman–Crippen MR) is 67.6 cm³/mol. The van der Waals surface area contributed by atoms with Gasteiger partial charge in [0.05, 0.1) is 12.6 Å². The summed E-state index contributed by atoms with van der Waals surface area (Å²) in [5.74, 6) is 2.44. The normalized spacial score (nSPS) is 23.8. The predicted octanol–water partition coefficient (Wildman–Crippen LogP) is 1.99. The van der Waals surface area contributed by atoms with E-state index >= 15 is 0 Å². The van der Waals surface area contributed by atoms with Gasteiger partial charge in [-0.25, -0.2) is 0 Å². The molecule has 0 aliphatic carbocycles. The lowest BCUT2D eigenvalue weighted by Gasteiger charge is -2.25. The van der Waals surface area contributed by atoms with Gasteiger partial charge in [-0.15, -0.1) is 0 Å². The van der Waals surface area contributed by atoms with Crippen LogP contribution in [-0.2, 0) is 4.74 Å². The second kappa shape index (κ2) is 6.38. The van der Waals surface area contributed by atoms with Gasteiger partial charge in [-0.3, -0.25) is 4.99 Å². The van der Waals surface area contributed by atoms with Crippen molar-refractivity contribution in [3.63, 3.8) is 0 Å². The molecule has 15 heavy (non-hydrogen) atoms. The molecule has 0 aromatic heterocycles. The molecular formula is C11H22N2OS. The maximum atomic E-state index is 5.20. The van der Waals surface area contributed by atoms with Crippen LogP contribution in [0.3, 0.4) is 0 Å². The van der Waals surface area contributed by atoms with Crippen LogP contribution in [-0.4, -0.2) is 37.2 Å². The third-order valence-corrected chi connectivity index (χ3v) is 3.77. The van der Waals surface area contributed by atoms with Crippen LogP contribution in [0, 0.1) is 11.8 Å². The molecule has 0 saturated heterocycles. The van der Waals surface area contributed by atoms with Gasteiger partial charge in [0.15, 0.2) is 5.17 Å². The summed E-state index contributed by atoms with van der Waals surface area (Å²) >= 11 is 1.83. The Morgan fingerprint density at radius 1 is 1.60 bits per heavy atom. The molecule has 1 heterocycles. The first kappa shape index (κ1) is 12.8. The van der Waals surface area contributed by atoms with Gasteiger partial charge >= 0.3 is 0 Å². The quantitative estimate of drug-likeness (QED) is 0.802. The molecule has 1 N–H and O–H groups in total. The Morgan fingerprint density at radius 2 is 2.33 bits per heavy atom. The van der Waals surface area contributed by atoms with Crippen LogP contribution in [0.15, 0.2) is 4.99 Å². The molecule has 0 fully saturated rings. The van der Waals surface area contributed by atoms with E-state index in [1.165, 1.54) is 5.75 Å². The molecule has 1 aliphatic rings. The summed E-state index contributed by atoms with van der Waals surface area (Å²) in [7, 11) is 1.74. The summed E-state index contributed by atoms with van der Waals surface area (Å²) < 4.78 is 5.20. The zero-order valence-electron chi connectivity index (χ0n) is 10.1. The highest BCUT2D eigenvalue weighted by molar-refractivity contribution is 8.13. The van der Waals surface area contributed by atoms with Crippen LogP contribution in [0.4, 0.5) is 0 Å². The summed E-state index contributed by atoms with van der Waals surface area (Å²) in [6.07, 6.45) is 0. The molecule has 0 bridgehead atoms. The van der Waals surface area contributed by atoms with Gasteiger partial charge in [-0.1, -0.05) is 32.5 Å². The highest BCUT2D eigenvalue weighted by Crippen LogP contribution is 2.17. The molecule has 0 aromatic carbocycles. The number of hydrogen-bond donors (Lipinski definition) is 1. The van der Waals surface area contributed by atoms with Gasteiger partial charge in [0.25, 0.3) is 0 Å². The van der Waals surface area contributed by atoms with Crippen LogP contribution in [0.1, 0.15) is 20.8 Å². The molecule has 2 atom stereocenters. The standard InChI is InChI=1S/C11H22N2OS/c1-8(2)10(6-14-4)13-11-12-5-9(3)7-15-11/h8-10H,5-7H2,1-4H3,(H,12,13). The zero-order valence-corrected chi connectivity index (χ0v) is 10.9. The summed E-state index contributed by atoms with van der Waals surface area (Å²) in [6, 6.07) is 0.370. The van der Waals surface area contributed by atoms with Crippen molar-refractivity contribution in [3.05, 3.63) is 0 Å². The molecule has 0 aromatic rings. The molecular weight excluding hydrogens is 208 g/mol. The second-order valence-electron chi connectivity index (χ2n) is 4.51. The van der Waals surface area contributed by atoms with Gasteiger partial charge in [0, 0.05) is 19.4 Å². The lowest BCUT2D eigenvalue weighted by molar-refractivity contribution is 0.156. The fraction of sp³-hybridized carbons (Fsp3) is 0.909. The van der Waals surface area contributed by atoms with Gasteiger partial charge in [0.2, 0.25) is 0 Å². The van der Waals surface area contributed by atoms with Gasteiger partial charge < -0.3 is 10.1 Å². The Balaban J connectivity index is 2.44. The van der Waals surface area contributed by atoms with E-state index in [9.17, 15) is 0 Å². The number of methoxy groups -OCH3 is 1. The Hall–Kier alpha value is -0.220. The Bertz CT molecular complexity index is 219. The molecule has 3 nitrogen and oxygen atoms in total. The molecule has 1 rings (SSSR count). The van der Waals surface area contributed by atoms with Crippen LogP contribution in [0.25, 0.3) is 0 Å². The molecule has 1 aliphatic heterocycles. The number of nitrogens with zero attached hydrogens (tertiary/aromatic N) is 1. The van der Waals surface area contributed by atoms with Crippen molar-refractivity contribution < 1.29 is 4.74 Å². The number of ether oxygens (including phenoxy) is 1. The minimum absolute atomic E-state index is 0.370. The summed E-state index contributed by atoms with van der Waals surface area (Å²) in [5.41, 5.74) is 0. The first-order valence-corrected chi connectivity index (χ1v) is 6.54. The molecule has 0 saturated carbocycles. The minimum atomic E-state index is 0.370. The highest BCUT2D eigenvalue weighted by Gasteiger charge is 2.18. The Kier molecular flexibility index (Phi) is 5.47. The Morgan fingerprint density at radius 3 is 2.80 bits per heavy atom. The number of nitrogens with one attached hydrogen (secondary N) is 1. The van der Waals surface area contributed by atoms with E-state index < -0.39 is 0 Å². The van der Waals surface area contributed by atoms with E-state index in [0.717, 1.165) is 18.3 Å². The maximum Gasteiger partial charge on any atom is 0.156 e. The van der Waals surface area contributed by atoms with Crippen LogP contribution in [0.2, 0.25) is 0 Å². The molecule has 0 spiro atoms. The molecule has 0 amide bonds. The van der Waals surface area contributed by atoms with E-state index in [4.69, 9.17) is 4.74 Å². The smallest absolute Gasteiger partial charge is 0.156 e. The number of amidine groups is 1. The third kappa shape index (κ3) is 4.43. The summed E-state index contributed by atoms with van der Waals surface area (Å²) in [4.78, 5) is 4.53. The SMILES string of the molecule is COCC(NC1=NCC(C)CS1)C(C)C. The molecule has 2 unspecified atom stereocenters. The first-order chi connectivity index (χ1) is 7.13. The van der Waals surface area contributed by atoms with E-state index in [1.54, 1.807) is 7.11 Å². The minimum Gasteiger partial charge on any atom is -0.383 e. The largest absolute Gasteiger partial charge is 0.383 e. The lowest BCUT2D eigenvalue weighted by Crippen LogP contribution is -2.41. The van der Waals surface area contributed by atoms with Crippen LogP contribution >= 0.6 is 11.8 Å². The zero-order chi connectivity index (χ0) is 11.3. The molecule has 4 heteroatoms. The van der Waals surface area contributed by atoms with Crippen molar-refractivity contribution in [2.24, 2.45) is 16.8 Å². The summed E-state index contributed by atoms with van der Waals surface area (Å²) in [6.45, 7) is 8.34. The lowest BCUT2D eigenvalue weighted by atomic mass is 10.1. The first-order valence-electron chi connectivity index (χ1n) is 5.56. The fourth-order valence-electron chi connectivity index (χ4n) is 1.38. The molecule has 88 valence electrons. The average Bonchev–Trinajstić information content (AvgIpc) is 2.20. The number of aliphatic imine (C=N–C) groups is 1. The molecule has 0 radical (unpaired) electrons. The highest BCUT2D eigenvalue weighted by atomic mass is 32.2. The van der Waals surface area contributed by atoms with Crippen molar-refractivity contribution in [2.45, 2.75) is 26.8 Å². The number of hydrogen-bond acceptors (Lipinski definition) is 4. The average molecular weight is 230 g/mol. The van der Waals surface area contributed by atoms with E-state index in [-0.39, 0.29) is 0 Å². The monoisotopic (exact) mass is 230 g/mol. The summed E-state index contributed by atoms with van der Waals surface area (Å²) in [5, 5.41) is 4.55. The van der Waals surface area contributed by atoms with Crippen LogP contribution < -0.4 is 5.32 Å². The second-order valence-corrected chi connectivity index (χ2v) is 5.52. The van der Waals surface area contributed by atoms with Crippen molar-refractivity contribution >= 4 is 16.9 Å². The fourth-order valence-corrected chi connectivity index (χ4v) is 2.33. The van der Waals surface area contributed by atoms with Crippen LogP contribution in [0.5, 0.6) is 0 Å². The van der Waals surface area contributed by atoms with Crippen molar-refractivity contribution in [1.29, 1.82) is 0 Å². The number of rotatable bonds is 4. The van der Waals surface area contributed by atoms with E-state index in [1.807, 2.05) is 11.8 Å². The van der Waals surface area contributed by atoms with Gasteiger partial charge in [-0.2, -0.15) is 0 Å². The van der Waals surface area contributed by atoms with Gasteiger partial charge in [-0.05, 0) is 11.8 Å². The van der Waals surface area contributed by atoms with Crippen molar-refractivity contribution in [1.82, 2.24) is 5.32 Å². The maximum absolute atomic E-state index is 5.20. The van der Waals surface area contributed by atoms with E-state index in [2.05, 4.69) is 31.1 Å². The van der Waals surface area contributed by atoms with Crippen molar-refractivity contribution in [3.8, 4) is 0 Å². The Labute approximate surface area is 97.1 Å². The van der Waals surface area contributed by atoms with Gasteiger partial charge in [0.1, 0.15) is 0 Å². The van der Waals surface area contributed by atoms with Crippen molar-refractivity contribution in [2.75, 3.05) is 26.0 Å². The number of thioether (sulfide) groups is 1. The third-order valence-electron chi connectivity index (χ3n) is 2.51. The van der Waals surface area contributed by atoms with E-state index in [0.29, 0.717) is 17.9 Å².